The fourth-order valence-corrected chi connectivity index (χ4v) is 2.67. The summed E-state index contributed by atoms with van der Waals surface area (Å²) >= 11 is 0. The third-order valence-corrected chi connectivity index (χ3v) is 4.05. The number of para-hydroxylation sites is 1. The van der Waals surface area contributed by atoms with Gasteiger partial charge in [0.15, 0.2) is 0 Å². The van der Waals surface area contributed by atoms with E-state index in [0.717, 1.165) is 27.8 Å². The highest BCUT2D eigenvalue weighted by atomic mass is 16.5. The summed E-state index contributed by atoms with van der Waals surface area (Å²) in [5, 5.41) is 0.915. The summed E-state index contributed by atoms with van der Waals surface area (Å²) < 4.78 is 11.7. The summed E-state index contributed by atoms with van der Waals surface area (Å²) in [6.07, 6.45) is 1.53. The molecule has 0 saturated heterocycles. The lowest BCUT2D eigenvalue weighted by molar-refractivity contribution is 0.295. The normalized spacial score (nSPS) is 10.6. The first-order valence-electron chi connectivity index (χ1n) is 8.47. The van der Waals surface area contributed by atoms with Crippen molar-refractivity contribution in [1.29, 1.82) is 0 Å². The van der Waals surface area contributed by atoms with Crippen molar-refractivity contribution in [2.24, 2.45) is 0 Å². The van der Waals surface area contributed by atoms with Gasteiger partial charge < -0.3 is 9.47 Å². The number of nitrogens with zero attached hydrogens (tertiary/aromatic N) is 2. The number of benzene rings is 3. The van der Waals surface area contributed by atoms with Gasteiger partial charge in [-0.25, -0.2) is 9.97 Å². The van der Waals surface area contributed by atoms with E-state index in [1.54, 1.807) is 0 Å². The molecule has 0 atom stereocenters. The van der Waals surface area contributed by atoms with Crippen LogP contribution < -0.4 is 9.47 Å². The number of aromatic nitrogens is 2. The van der Waals surface area contributed by atoms with Gasteiger partial charge in [-0.2, -0.15) is 0 Å². The predicted molar refractivity (Wildman–Crippen MR) is 101 cm³/mol. The van der Waals surface area contributed by atoms with Crippen LogP contribution in [0.1, 0.15) is 11.1 Å². The monoisotopic (exact) mass is 342 g/mol. The molecular weight excluding hydrogens is 324 g/mol. The minimum absolute atomic E-state index is 0.444. The molecular formula is C22H18N2O2. The molecule has 4 rings (SSSR count). The van der Waals surface area contributed by atoms with E-state index in [9.17, 15) is 0 Å². The van der Waals surface area contributed by atoms with Gasteiger partial charge in [0, 0.05) is 0 Å². The Hall–Kier alpha value is -3.40. The van der Waals surface area contributed by atoms with Crippen molar-refractivity contribution in [3.8, 4) is 11.6 Å². The third-order valence-electron chi connectivity index (χ3n) is 4.05. The van der Waals surface area contributed by atoms with Crippen molar-refractivity contribution in [2.45, 2.75) is 13.2 Å². The van der Waals surface area contributed by atoms with Crippen molar-refractivity contribution in [2.75, 3.05) is 0 Å². The fraction of sp³-hybridized carbons (Fsp3) is 0.0909. The first-order valence-corrected chi connectivity index (χ1v) is 8.47. The maximum Gasteiger partial charge on any atom is 0.224 e. The lowest BCUT2D eigenvalue weighted by atomic mass is 10.2. The molecule has 0 saturated carbocycles. The number of hydrogen-bond donors (Lipinski definition) is 0. The molecule has 3 aromatic carbocycles. The molecule has 0 aliphatic heterocycles. The molecule has 0 aliphatic rings. The molecule has 4 nitrogen and oxygen atoms in total. The molecule has 0 bridgehead atoms. The summed E-state index contributed by atoms with van der Waals surface area (Å²) in [7, 11) is 0. The molecule has 0 unspecified atom stereocenters. The quantitative estimate of drug-likeness (QED) is 0.505. The van der Waals surface area contributed by atoms with Crippen LogP contribution >= 0.6 is 0 Å². The van der Waals surface area contributed by atoms with Crippen LogP contribution in [0.5, 0.6) is 11.6 Å². The summed E-state index contributed by atoms with van der Waals surface area (Å²) in [5.41, 5.74) is 3.08. The average Bonchev–Trinajstić information content (AvgIpc) is 2.72. The van der Waals surface area contributed by atoms with E-state index in [4.69, 9.17) is 9.47 Å². The zero-order chi connectivity index (χ0) is 17.6. The summed E-state index contributed by atoms with van der Waals surface area (Å²) in [6.45, 7) is 1.00. The molecule has 4 aromatic rings. The molecule has 0 spiro atoms. The Balaban J connectivity index is 1.38. The van der Waals surface area contributed by atoms with Gasteiger partial charge in [0.1, 0.15) is 25.3 Å². The van der Waals surface area contributed by atoms with E-state index >= 15 is 0 Å². The van der Waals surface area contributed by atoms with Crippen LogP contribution in [0, 0.1) is 0 Å². The zero-order valence-electron chi connectivity index (χ0n) is 14.2. The number of hydrogen-bond acceptors (Lipinski definition) is 4. The lowest BCUT2D eigenvalue weighted by Crippen LogP contribution is -1.99. The Morgan fingerprint density at radius 3 is 2.15 bits per heavy atom. The maximum absolute atomic E-state index is 5.88. The van der Waals surface area contributed by atoms with Gasteiger partial charge in [0.05, 0.1) is 10.9 Å². The van der Waals surface area contributed by atoms with Crippen molar-refractivity contribution in [3.05, 3.63) is 96.3 Å². The third kappa shape index (κ3) is 3.81. The molecule has 4 heteroatoms. The van der Waals surface area contributed by atoms with Crippen molar-refractivity contribution < 1.29 is 9.47 Å². The minimum atomic E-state index is 0.444. The standard InChI is InChI=1S/C22H18N2O2/c1-2-6-17(7-3-1)14-25-19-12-10-18(11-13-19)15-26-22-20-8-4-5-9-21(20)23-16-24-22/h1-13,16H,14-15H2. The second-order valence-corrected chi connectivity index (χ2v) is 5.90. The SMILES string of the molecule is c1ccc(COc2ccc(COc3ncnc4ccccc34)cc2)cc1. The highest BCUT2D eigenvalue weighted by Crippen LogP contribution is 2.22. The molecule has 1 aromatic heterocycles. The van der Waals surface area contributed by atoms with Gasteiger partial charge in [-0.1, -0.05) is 54.6 Å². The maximum atomic E-state index is 5.88. The topological polar surface area (TPSA) is 44.2 Å². The highest BCUT2D eigenvalue weighted by Gasteiger charge is 2.04. The van der Waals surface area contributed by atoms with E-state index in [1.165, 1.54) is 6.33 Å². The van der Waals surface area contributed by atoms with Crippen LogP contribution in [-0.4, -0.2) is 9.97 Å². The number of rotatable bonds is 6. The van der Waals surface area contributed by atoms with Gasteiger partial charge in [0.25, 0.3) is 0 Å². The molecule has 0 aliphatic carbocycles. The average molecular weight is 342 g/mol. The van der Waals surface area contributed by atoms with Crippen LogP contribution in [0.15, 0.2) is 85.2 Å². The van der Waals surface area contributed by atoms with Gasteiger partial charge >= 0.3 is 0 Å². The molecule has 0 N–H and O–H groups in total. The van der Waals surface area contributed by atoms with E-state index < -0.39 is 0 Å². The largest absolute Gasteiger partial charge is 0.489 e. The summed E-state index contributed by atoms with van der Waals surface area (Å²) in [4.78, 5) is 8.49. The van der Waals surface area contributed by atoms with Crippen LogP contribution in [0.3, 0.4) is 0 Å². The smallest absolute Gasteiger partial charge is 0.224 e. The van der Waals surface area contributed by atoms with Gasteiger partial charge in [-0.05, 0) is 35.4 Å². The number of ether oxygens (including phenoxy) is 2. The van der Waals surface area contributed by atoms with E-state index in [1.807, 2.05) is 78.9 Å². The Morgan fingerprint density at radius 1 is 0.615 bits per heavy atom. The van der Waals surface area contributed by atoms with Gasteiger partial charge in [-0.15, -0.1) is 0 Å². The Bertz CT molecular complexity index is 980. The Kier molecular flexibility index (Phi) is 4.74. The van der Waals surface area contributed by atoms with Crippen molar-refractivity contribution in [3.63, 3.8) is 0 Å². The summed E-state index contributed by atoms with van der Waals surface area (Å²) in [6, 6.07) is 25.9. The predicted octanol–water partition coefficient (Wildman–Crippen LogP) is 4.79. The lowest BCUT2D eigenvalue weighted by Gasteiger charge is -2.09. The Labute approximate surface area is 152 Å². The van der Waals surface area contributed by atoms with Gasteiger partial charge in [-0.3, -0.25) is 0 Å². The van der Waals surface area contributed by atoms with Gasteiger partial charge in [0.2, 0.25) is 5.88 Å². The molecule has 1 heterocycles. The van der Waals surface area contributed by atoms with E-state index in [-0.39, 0.29) is 0 Å². The van der Waals surface area contributed by atoms with E-state index in [2.05, 4.69) is 9.97 Å². The van der Waals surface area contributed by atoms with Crippen LogP contribution in [0.4, 0.5) is 0 Å². The van der Waals surface area contributed by atoms with Crippen LogP contribution in [0.25, 0.3) is 10.9 Å². The van der Waals surface area contributed by atoms with E-state index in [0.29, 0.717) is 19.1 Å². The molecule has 0 fully saturated rings. The second-order valence-electron chi connectivity index (χ2n) is 5.90. The molecule has 0 radical (unpaired) electrons. The highest BCUT2D eigenvalue weighted by molar-refractivity contribution is 5.82. The van der Waals surface area contributed by atoms with Crippen molar-refractivity contribution >= 4 is 10.9 Å². The second kappa shape index (κ2) is 7.66. The first kappa shape index (κ1) is 16.1. The zero-order valence-corrected chi connectivity index (χ0v) is 14.2. The first-order chi connectivity index (χ1) is 12.9. The fourth-order valence-electron chi connectivity index (χ4n) is 2.67. The van der Waals surface area contributed by atoms with Crippen LogP contribution in [-0.2, 0) is 13.2 Å². The summed E-state index contributed by atoms with van der Waals surface area (Å²) in [5.74, 6) is 1.44. The minimum Gasteiger partial charge on any atom is -0.489 e. The van der Waals surface area contributed by atoms with Crippen LogP contribution in [0.2, 0.25) is 0 Å². The van der Waals surface area contributed by atoms with Crippen molar-refractivity contribution in [1.82, 2.24) is 9.97 Å². The molecule has 128 valence electrons. The Morgan fingerprint density at radius 2 is 1.31 bits per heavy atom. The molecule has 0 amide bonds. The molecule has 26 heavy (non-hydrogen) atoms. The number of fused-ring (bicyclic) bond motifs is 1.